The van der Waals surface area contributed by atoms with Crippen molar-refractivity contribution in [3.63, 3.8) is 0 Å². The van der Waals surface area contributed by atoms with Crippen molar-refractivity contribution in [1.29, 1.82) is 0 Å². The van der Waals surface area contributed by atoms with Crippen molar-refractivity contribution in [2.75, 3.05) is 39.8 Å². The molecule has 3 fully saturated rings. The fourth-order valence-corrected chi connectivity index (χ4v) is 6.61. The fraction of sp³-hybridized carbons (Fsp3) is 0.640. The maximum atomic E-state index is 13.7. The van der Waals surface area contributed by atoms with Gasteiger partial charge in [-0.25, -0.2) is 10.3 Å². The van der Waals surface area contributed by atoms with E-state index in [1.54, 1.807) is 22.3 Å². The van der Waals surface area contributed by atoms with Crippen molar-refractivity contribution in [3.05, 3.63) is 35.9 Å². The highest BCUT2D eigenvalue weighted by molar-refractivity contribution is 5.90. The van der Waals surface area contributed by atoms with E-state index in [9.17, 15) is 29.8 Å². The predicted molar refractivity (Wildman–Crippen MR) is 127 cm³/mol. The molecule has 3 saturated heterocycles. The maximum Gasteiger partial charge on any atom is 0.407 e. The zero-order chi connectivity index (χ0) is 25.2. The van der Waals surface area contributed by atoms with Gasteiger partial charge in [0.2, 0.25) is 11.8 Å². The Labute approximate surface area is 205 Å². The highest BCUT2D eigenvalue weighted by Crippen LogP contribution is 2.43. The maximum absolute atomic E-state index is 13.7. The predicted octanol–water partition coefficient (Wildman–Crippen LogP) is 1.34. The number of nitrogens with zero attached hydrogens (tertiary/aromatic N) is 3. The normalized spacial score (nSPS) is 30.3. The van der Waals surface area contributed by atoms with Gasteiger partial charge in [0, 0.05) is 26.2 Å². The quantitative estimate of drug-likeness (QED) is 0.363. The first-order valence-electron chi connectivity index (χ1n) is 12.4. The van der Waals surface area contributed by atoms with Gasteiger partial charge >= 0.3 is 6.09 Å². The van der Waals surface area contributed by atoms with Gasteiger partial charge < -0.3 is 20.0 Å². The number of carboxylic acid groups (broad SMARTS) is 1. The van der Waals surface area contributed by atoms with E-state index < -0.39 is 29.5 Å². The summed E-state index contributed by atoms with van der Waals surface area (Å²) in [5, 5.41) is 29.5. The number of carbonyl (C=O) groups excluding carboxylic acids is 2. The molecule has 3 aliphatic rings. The number of hydroxylamine groups is 1. The van der Waals surface area contributed by atoms with Crippen LogP contribution < -0.4 is 5.48 Å². The van der Waals surface area contributed by atoms with Crippen LogP contribution in [0.5, 0.6) is 0 Å². The van der Waals surface area contributed by atoms with Gasteiger partial charge in [0.05, 0.1) is 18.1 Å². The van der Waals surface area contributed by atoms with Crippen LogP contribution in [0.3, 0.4) is 0 Å². The highest BCUT2D eigenvalue weighted by atomic mass is 16.5. The van der Waals surface area contributed by atoms with Gasteiger partial charge in [0.25, 0.3) is 0 Å². The summed E-state index contributed by atoms with van der Waals surface area (Å²) in [5.41, 5.74) is 1.98. The summed E-state index contributed by atoms with van der Waals surface area (Å²) < 4.78 is 0. The van der Waals surface area contributed by atoms with E-state index in [1.807, 2.05) is 18.2 Å². The molecule has 4 N–H and O–H groups in total. The molecule has 3 heterocycles. The molecular weight excluding hydrogens is 452 g/mol. The third-order valence-corrected chi connectivity index (χ3v) is 8.47. The Morgan fingerprint density at radius 3 is 2.40 bits per heavy atom. The first-order valence-corrected chi connectivity index (χ1v) is 12.4. The second kappa shape index (κ2) is 10.5. The molecule has 192 valence electrons. The van der Waals surface area contributed by atoms with E-state index in [1.165, 1.54) is 10.5 Å². The fourth-order valence-electron chi connectivity index (χ4n) is 6.61. The van der Waals surface area contributed by atoms with E-state index in [4.69, 9.17) is 0 Å². The molecule has 10 nitrogen and oxygen atoms in total. The van der Waals surface area contributed by atoms with Gasteiger partial charge in [-0.05, 0) is 56.6 Å². The molecule has 4 rings (SSSR count). The topological polar surface area (TPSA) is 134 Å². The number of likely N-dealkylation sites (N-methyl/N-ethyl adjacent to an activating group) is 1. The van der Waals surface area contributed by atoms with Crippen LogP contribution in [-0.4, -0.2) is 99.4 Å². The average Bonchev–Trinajstić information content (AvgIpc) is 3.34. The lowest BCUT2D eigenvalue weighted by Gasteiger charge is -2.50. The molecule has 35 heavy (non-hydrogen) atoms. The largest absolute Gasteiger partial charge is 0.465 e. The molecule has 0 aromatic heterocycles. The molecule has 0 unspecified atom stereocenters. The Bertz CT molecular complexity index is 922. The molecular formula is C25H36N4O6. The molecule has 0 saturated carbocycles. The number of likely N-dealkylation sites (tertiary alicyclic amines) is 3. The van der Waals surface area contributed by atoms with Gasteiger partial charge in [-0.1, -0.05) is 30.3 Å². The van der Waals surface area contributed by atoms with E-state index >= 15 is 0 Å². The number of benzene rings is 1. The van der Waals surface area contributed by atoms with Gasteiger partial charge in [0.1, 0.15) is 6.04 Å². The lowest BCUT2D eigenvalue weighted by molar-refractivity contribution is -0.153. The molecule has 0 radical (unpaired) electrons. The number of aliphatic hydroxyl groups excluding tert-OH is 1. The average molecular weight is 489 g/mol. The highest BCUT2D eigenvalue weighted by Gasteiger charge is 2.55. The minimum atomic E-state index is -1.10. The Hall–Kier alpha value is -2.69. The molecule has 0 bridgehead atoms. The molecule has 0 spiro atoms. The first-order chi connectivity index (χ1) is 16.8. The van der Waals surface area contributed by atoms with Crippen LogP contribution >= 0.6 is 0 Å². The molecule has 10 heteroatoms. The molecule has 0 aliphatic carbocycles. The Morgan fingerprint density at radius 1 is 1.11 bits per heavy atom. The summed E-state index contributed by atoms with van der Waals surface area (Å²) in [6.07, 6.45) is 1.91. The van der Waals surface area contributed by atoms with E-state index in [-0.39, 0.29) is 24.9 Å². The second-order valence-corrected chi connectivity index (χ2v) is 10.2. The van der Waals surface area contributed by atoms with Crippen LogP contribution in [0.25, 0.3) is 0 Å². The zero-order valence-corrected chi connectivity index (χ0v) is 20.2. The summed E-state index contributed by atoms with van der Waals surface area (Å²) in [5.74, 6) is -1.63. The third kappa shape index (κ3) is 4.74. The molecule has 1 aromatic carbocycles. The van der Waals surface area contributed by atoms with Crippen LogP contribution in [0.4, 0.5) is 4.79 Å². The monoisotopic (exact) mass is 488 g/mol. The molecule has 3 amide bonds. The second-order valence-electron chi connectivity index (χ2n) is 10.2. The van der Waals surface area contributed by atoms with Crippen molar-refractivity contribution in [1.82, 2.24) is 20.2 Å². The van der Waals surface area contributed by atoms with E-state index in [2.05, 4.69) is 12.1 Å². The van der Waals surface area contributed by atoms with Crippen molar-refractivity contribution in [3.8, 4) is 0 Å². The van der Waals surface area contributed by atoms with Crippen molar-refractivity contribution < 1.29 is 29.8 Å². The van der Waals surface area contributed by atoms with Gasteiger partial charge in [-0.15, -0.1) is 0 Å². The standard InChI is InChI=1S/C25H36N4O6/c1-27-15-19(25(16-30)10-5-11-29(25)24(33)34)14-20(22(31)26-35)21(27)23(32)28-12-8-18(9-13-28)17-6-3-2-4-7-17/h2-4,6-7,18-21,30,35H,5,8-16H2,1H3,(H,26,31)(H,33,34)/t19-,20-,21-,25+/m0/s1. The van der Waals surface area contributed by atoms with Crippen LogP contribution in [0.1, 0.15) is 43.6 Å². The van der Waals surface area contributed by atoms with Crippen LogP contribution in [-0.2, 0) is 9.59 Å². The van der Waals surface area contributed by atoms with Crippen LogP contribution in [0.2, 0.25) is 0 Å². The minimum Gasteiger partial charge on any atom is -0.465 e. The van der Waals surface area contributed by atoms with Crippen LogP contribution in [0, 0.1) is 11.8 Å². The Morgan fingerprint density at radius 2 is 1.80 bits per heavy atom. The van der Waals surface area contributed by atoms with Crippen molar-refractivity contribution >= 4 is 17.9 Å². The summed E-state index contributed by atoms with van der Waals surface area (Å²) in [7, 11) is 1.76. The number of piperidine rings is 2. The summed E-state index contributed by atoms with van der Waals surface area (Å²) in [6.45, 7) is 1.53. The third-order valence-electron chi connectivity index (χ3n) is 8.47. The van der Waals surface area contributed by atoms with Crippen molar-refractivity contribution in [2.45, 2.75) is 49.6 Å². The number of hydrogen-bond acceptors (Lipinski definition) is 6. The number of carbonyl (C=O) groups is 3. The lowest BCUT2D eigenvalue weighted by atomic mass is 9.71. The van der Waals surface area contributed by atoms with Gasteiger partial charge in [0.15, 0.2) is 0 Å². The Balaban J connectivity index is 1.51. The molecule has 4 atom stereocenters. The van der Waals surface area contributed by atoms with E-state index in [0.717, 1.165) is 12.8 Å². The number of rotatable bonds is 5. The zero-order valence-electron chi connectivity index (χ0n) is 20.2. The number of aliphatic hydroxyl groups is 1. The Kier molecular flexibility index (Phi) is 7.63. The van der Waals surface area contributed by atoms with Crippen molar-refractivity contribution in [2.24, 2.45) is 11.8 Å². The van der Waals surface area contributed by atoms with Gasteiger partial charge in [-0.3, -0.25) is 19.7 Å². The first kappa shape index (κ1) is 25.4. The van der Waals surface area contributed by atoms with E-state index in [0.29, 0.717) is 44.9 Å². The molecule has 1 aromatic rings. The lowest BCUT2D eigenvalue weighted by Crippen LogP contribution is -2.65. The van der Waals surface area contributed by atoms with Gasteiger partial charge in [-0.2, -0.15) is 0 Å². The number of hydrogen-bond donors (Lipinski definition) is 4. The summed E-state index contributed by atoms with van der Waals surface area (Å²) in [4.78, 5) is 43.2. The summed E-state index contributed by atoms with van der Waals surface area (Å²) in [6, 6.07) is 9.49. The smallest absolute Gasteiger partial charge is 0.407 e. The summed E-state index contributed by atoms with van der Waals surface area (Å²) >= 11 is 0. The minimum absolute atomic E-state index is 0.148. The number of amides is 3. The number of nitrogens with one attached hydrogen (secondary N) is 1. The molecule has 3 aliphatic heterocycles. The SMILES string of the molecule is CN1C[C@@H]([C@]2(CO)CCCN2C(=O)O)C[C@H](C(=O)NO)[C@H]1C(=O)N1CCC(c2ccccc2)CC1. The van der Waals surface area contributed by atoms with Crippen LogP contribution in [0.15, 0.2) is 30.3 Å².